The predicted molar refractivity (Wildman–Crippen MR) is 101 cm³/mol. The molecule has 0 bridgehead atoms. The number of nitrogens with zero attached hydrogens (tertiary/aromatic N) is 4. The summed E-state index contributed by atoms with van der Waals surface area (Å²) in [5.41, 5.74) is 11.8. The van der Waals surface area contributed by atoms with Gasteiger partial charge in [-0.3, -0.25) is 9.79 Å². The van der Waals surface area contributed by atoms with E-state index in [0.717, 1.165) is 6.34 Å². The molecule has 5 N–H and O–H groups in total. The van der Waals surface area contributed by atoms with Crippen molar-refractivity contribution in [2.24, 2.45) is 21.5 Å². The number of halogens is 3. The Bertz CT molecular complexity index is 966. The Kier molecular flexibility index (Phi) is 5.71. The SMILES string of the molecule is NC=NC(=NCC(F)(F)F)c1cn2c(n1)-c1ccc(NCC(N)=O)cc1OCC2. The molecule has 0 atom stereocenters. The van der Waals surface area contributed by atoms with Crippen molar-refractivity contribution in [3.8, 4) is 17.1 Å². The summed E-state index contributed by atoms with van der Waals surface area (Å²) >= 11 is 0. The number of carbonyl (C=O) groups excluding carboxylic acids is 1. The standard InChI is InChI=1S/C17H18F3N7O2/c18-17(19,20)8-24-15(25-9-21)12-7-27-3-4-29-13-5-10(23-6-14(22)28)1-2-11(13)16(27)26-12/h1-2,5,7,9,23H,3-4,6,8H2,(H2,22,28)(H2,21,24,25). The van der Waals surface area contributed by atoms with Crippen LogP contribution in [0.1, 0.15) is 5.69 Å². The minimum absolute atomic E-state index is 0.0340. The molecule has 0 spiro atoms. The summed E-state index contributed by atoms with van der Waals surface area (Å²) in [6, 6.07) is 5.14. The van der Waals surface area contributed by atoms with E-state index in [2.05, 4.69) is 20.3 Å². The summed E-state index contributed by atoms with van der Waals surface area (Å²) in [7, 11) is 0. The van der Waals surface area contributed by atoms with Crippen molar-refractivity contribution >= 4 is 23.8 Å². The number of carbonyl (C=O) groups is 1. The van der Waals surface area contributed by atoms with Crippen molar-refractivity contribution in [1.82, 2.24) is 9.55 Å². The maximum absolute atomic E-state index is 12.5. The fraction of sp³-hybridized carbons (Fsp3) is 0.294. The van der Waals surface area contributed by atoms with Crippen LogP contribution in [0.3, 0.4) is 0 Å². The van der Waals surface area contributed by atoms with Gasteiger partial charge in [-0.15, -0.1) is 0 Å². The van der Waals surface area contributed by atoms with Crippen LogP contribution < -0.4 is 21.5 Å². The van der Waals surface area contributed by atoms with Crippen LogP contribution in [0.5, 0.6) is 5.75 Å². The summed E-state index contributed by atoms with van der Waals surface area (Å²) < 4.78 is 45.1. The summed E-state index contributed by atoms with van der Waals surface area (Å²) in [6.45, 7) is -0.700. The normalized spacial score (nSPS) is 14.1. The Hall–Kier alpha value is -3.57. The largest absolute Gasteiger partial charge is 0.491 e. The number of nitrogens with one attached hydrogen (secondary N) is 1. The summed E-state index contributed by atoms with van der Waals surface area (Å²) in [5.74, 6) is 0.271. The molecule has 0 saturated carbocycles. The molecule has 9 nitrogen and oxygen atoms in total. The van der Waals surface area contributed by atoms with Crippen LogP contribution in [0, 0.1) is 0 Å². The van der Waals surface area contributed by atoms with Gasteiger partial charge in [0, 0.05) is 18.0 Å². The van der Waals surface area contributed by atoms with E-state index < -0.39 is 18.6 Å². The van der Waals surface area contributed by atoms with Gasteiger partial charge in [0.05, 0.1) is 25.0 Å². The molecule has 0 radical (unpaired) electrons. The first-order valence-electron chi connectivity index (χ1n) is 8.49. The first-order valence-corrected chi connectivity index (χ1v) is 8.49. The first kappa shape index (κ1) is 20.2. The zero-order valence-electron chi connectivity index (χ0n) is 15.1. The smallest absolute Gasteiger partial charge is 0.408 e. The maximum atomic E-state index is 12.5. The van der Waals surface area contributed by atoms with Gasteiger partial charge in [-0.25, -0.2) is 9.98 Å². The fourth-order valence-corrected chi connectivity index (χ4v) is 2.71. The minimum Gasteiger partial charge on any atom is -0.491 e. The Morgan fingerprint density at radius 3 is 2.90 bits per heavy atom. The van der Waals surface area contributed by atoms with Crippen molar-refractivity contribution in [3.63, 3.8) is 0 Å². The predicted octanol–water partition coefficient (Wildman–Crippen LogP) is 1.14. The van der Waals surface area contributed by atoms with E-state index in [1.807, 2.05) is 0 Å². The molecule has 154 valence electrons. The first-order chi connectivity index (χ1) is 13.8. The van der Waals surface area contributed by atoms with Crippen LogP contribution in [-0.2, 0) is 11.3 Å². The number of primary amides is 1. The third-order valence-electron chi connectivity index (χ3n) is 3.89. The van der Waals surface area contributed by atoms with Crippen LogP contribution in [0.15, 0.2) is 34.4 Å². The van der Waals surface area contributed by atoms with E-state index in [4.69, 9.17) is 16.2 Å². The number of imidazole rings is 1. The van der Waals surface area contributed by atoms with Crippen molar-refractivity contribution in [3.05, 3.63) is 30.1 Å². The Morgan fingerprint density at radius 2 is 2.21 bits per heavy atom. The van der Waals surface area contributed by atoms with Crippen molar-refractivity contribution in [1.29, 1.82) is 0 Å². The van der Waals surface area contributed by atoms with Crippen LogP contribution in [-0.4, -0.2) is 53.5 Å². The third kappa shape index (κ3) is 5.03. The van der Waals surface area contributed by atoms with Gasteiger partial charge in [-0.05, 0) is 12.1 Å². The number of alkyl halides is 3. The lowest BCUT2D eigenvalue weighted by atomic mass is 10.1. The van der Waals surface area contributed by atoms with Crippen LogP contribution >= 0.6 is 0 Å². The van der Waals surface area contributed by atoms with E-state index in [-0.39, 0.29) is 18.1 Å². The number of hydrogen-bond donors (Lipinski definition) is 3. The molecule has 0 saturated heterocycles. The number of ether oxygens (including phenoxy) is 1. The van der Waals surface area contributed by atoms with E-state index in [0.29, 0.717) is 36.0 Å². The monoisotopic (exact) mass is 409 g/mol. The maximum Gasteiger partial charge on any atom is 0.408 e. The van der Waals surface area contributed by atoms with E-state index in [1.165, 1.54) is 0 Å². The van der Waals surface area contributed by atoms with Crippen molar-refractivity contribution < 1.29 is 22.7 Å². The van der Waals surface area contributed by atoms with Gasteiger partial charge in [0.25, 0.3) is 0 Å². The Morgan fingerprint density at radius 1 is 1.41 bits per heavy atom. The molecular weight excluding hydrogens is 391 g/mol. The minimum atomic E-state index is -4.47. The van der Waals surface area contributed by atoms with Gasteiger partial charge in [-0.1, -0.05) is 0 Å². The number of hydrogen-bond acceptors (Lipinski definition) is 5. The van der Waals surface area contributed by atoms with Crippen LogP contribution in [0.4, 0.5) is 18.9 Å². The number of amides is 1. The number of benzene rings is 1. The lowest BCUT2D eigenvalue weighted by Gasteiger charge is -2.10. The number of aromatic nitrogens is 2. The lowest BCUT2D eigenvalue weighted by molar-refractivity contribution is -0.118. The van der Waals surface area contributed by atoms with E-state index >= 15 is 0 Å². The molecule has 1 aliphatic rings. The number of nitrogens with two attached hydrogens (primary N) is 2. The zero-order valence-corrected chi connectivity index (χ0v) is 15.1. The van der Waals surface area contributed by atoms with Crippen molar-refractivity contribution in [2.75, 3.05) is 25.0 Å². The highest BCUT2D eigenvalue weighted by Crippen LogP contribution is 2.34. The zero-order chi connectivity index (χ0) is 21.0. The molecular formula is C17H18F3N7O2. The second kappa shape index (κ2) is 8.20. The highest BCUT2D eigenvalue weighted by atomic mass is 19.4. The highest BCUT2D eigenvalue weighted by molar-refractivity contribution is 6.01. The van der Waals surface area contributed by atoms with Gasteiger partial charge in [0.15, 0.2) is 5.84 Å². The van der Waals surface area contributed by atoms with E-state index in [1.54, 1.807) is 29.0 Å². The topological polar surface area (TPSA) is 133 Å². The fourth-order valence-electron chi connectivity index (χ4n) is 2.71. The lowest BCUT2D eigenvalue weighted by Crippen LogP contribution is -2.21. The average molecular weight is 409 g/mol. The van der Waals surface area contributed by atoms with Gasteiger partial charge in [0.2, 0.25) is 5.91 Å². The van der Waals surface area contributed by atoms with Gasteiger partial charge in [-0.2, -0.15) is 13.2 Å². The molecule has 0 fully saturated rings. The average Bonchev–Trinajstić information content (AvgIpc) is 2.99. The molecule has 29 heavy (non-hydrogen) atoms. The second-order valence-electron chi connectivity index (χ2n) is 6.06. The van der Waals surface area contributed by atoms with Crippen LogP contribution in [0.2, 0.25) is 0 Å². The van der Waals surface area contributed by atoms with Gasteiger partial charge in [0.1, 0.15) is 30.4 Å². The van der Waals surface area contributed by atoms with E-state index in [9.17, 15) is 18.0 Å². The number of fused-ring (bicyclic) bond motifs is 3. The van der Waals surface area contributed by atoms with Gasteiger partial charge >= 0.3 is 6.18 Å². The Labute approximate surface area is 163 Å². The number of anilines is 1. The Balaban J connectivity index is 1.96. The molecule has 1 amide bonds. The summed E-state index contributed by atoms with van der Waals surface area (Å²) in [6.07, 6.45) is -2.05. The molecule has 0 aliphatic carbocycles. The molecule has 1 aliphatic heterocycles. The quantitative estimate of drug-likeness (QED) is 0.503. The third-order valence-corrected chi connectivity index (χ3v) is 3.89. The highest BCUT2D eigenvalue weighted by Gasteiger charge is 2.27. The summed E-state index contributed by atoms with van der Waals surface area (Å²) in [5, 5.41) is 2.87. The molecule has 12 heteroatoms. The molecule has 2 heterocycles. The molecule has 1 aromatic carbocycles. The molecule has 3 rings (SSSR count). The molecule has 2 aromatic rings. The number of amidine groups is 1. The number of aliphatic imine (C=N–C) groups is 2. The summed E-state index contributed by atoms with van der Waals surface area (Å²) in [4.78, 5) is 22.5. The number of rotatable bonds is 5. The van der Waals surface area contributed by atoms with Crippen LogP contribution in [0.25, 0.3) is 11.4 Å². The molecule has 0 unspecified atom stereocenters. The van der Waals surface area contributed by atoms with Gasteiger partial charge < -0.3 is 26.1 Å². The van der Waals surface area contributed by atoms with Crippen molar-refractivity contribution in [2.45, 2.75) is 12.7 Å². The molecule has 1 aromatic heterocycles. The second-order valence-corrected chi connectivity index (χ2v) is 6.06.